The van der Waals surface area contributed by atoms with Crippen LogP contribution in [0.25, 0.3) is 0 Å². The highest BCUT2D eigenvalue weighted by atomic mass is 16.5. The Morgan fingerprint density at radius 2 is 1.45 bits per heavy atom. The third kappa shape index (κ3) is 4.19. The van der Waals surface area contributed by atoms with Gasteiger partial charge in [0.25, 0.3) is 0 Å². The lowest BCUT2D eigenvalue weighted by Gasteiger charge is -2.46. The molecule has 0 aromatic rings. The van der Waals surface area contributed by atoms with Gasteiger partial charge in [0.1, 0.15) is 0 Å². The van der Waals surface area contributed by atoms with Gasteiger partial charge in [0, 0.05) is 25.2 Å². The summed E-state index contributed by atoms with van der Waals surface area (Å²) in [7, 11) is 0. The number of rotatable bonds is 3. The zero-order valence-corrected chi connectivity index (χ0v) is 14.2. The van der Waals surface area contributed by atoms with Gasteiger partial charge in [-0.15, -0.1) is 0 Å². The van der Waals surface area contributed by atoms with Gasteiger partial charge < -0.3 is 9.64 Å². The largest absolute Gasteiger partial charge is 0.379 e. The highest BCUT2D eigenvalue weighted by molar-refractivity contribution is 4.89. The molecule has 0 N–H and O–H groups in total. The van der Waals surface area contributed by atoms with Gasteiger partial charge in [-0.2, -0.15) is 0 Å². The predicted octanol–water partition coefficient (Wildman–Crippen LogP) is 2.86. The second kappa shape index (κ2) is 6.33. The van der Waals surface area contributed by atoms with Crippen molar-refractivity contribution in [2.24, 2.45) is 11.3 Å². The van der Waals surface area contributed by atoms with E-state index in [9.17, 15) is 0 Å². The van der Waals surface area contributed by atoms with E-state index in [2.05, 4.69) is 44.4 Å². The molecule has 3 heteroatoms. The molecule has 2 fully saturated rings. The van der Waals surface area contributed by atoms with Gasteiger partial charge in [-0.1, -0.05) is 20.8 Å². The third-order valence-electron chi connectivity index (χ3n) is 5.29. The lowest BCUT2D eigenvalue weighted by atomic mass is 9.75. The summed E-state index contributed by atoms with van der Waals surface area (Å²) in [6.45, 7) is 19.7. The first-order chi connectivity index (χ1) is 9.29. The van der Waals surface area contributed by atoms with Crippen LogP contribution in [0.15, 0.2) is 0 Å². The van der Waals surface area contributed by atoms with Crippen molar-refractivity contribution in [2.45, 2.75) is 53.0 Å². The van der Waals surface area contributed by atoms with E-state index in [4.69, 9.17) is 4.74 Å². The van der Waals surface area contributed by atoms with Gasteiger partial charge >= 0.3 is 0 Å². The normalized spacial score (nSPS) is 25.1. The van der Waals surface area contributed by atoms with Crippen LogP contribution in [0.4, 0.5) is 0 Å². The van der Waals surface area contributed by atoms with E-state index in [1.807, 2.05) is 0 Å². The Labute approximate surface area is 125 Å². The van der Waals surface area contributed by atoms with Crippen molar-refractivity contribution in [3.63, 3.8) is 0 Å². The molecule has 0 spiro atoms. The molecule has 0 radical (unpaired) electrons. The van der Waals surface area contributed by atoms with Crippen LogP contribution in [0.1, 0.15) is 47.5 Å². The summed E-state index contributed by atoms with van der Waals surface area (Å²) in [5, 5.41) is 0. The van der Waals surface area contributed by atoms with Gasteiger partial charge in [0.05, 0.1) is 13.2 Å². The van der Waals surface area contributed by atoms with E-state index >= 15 is 0 Å². The minimum absolute atomic E-state index is 0.276. The van der Waals surface area contributed by atoms with Crippen molar-refractivity contribution in [1.82, 2.24) is 9.80 Å². The second-order valence-electron chi connectivity index (χ2n) is 8.33. The molecular weight excluding hydrogens is 248 g/mol. The summed E-state index contributed by atoms with van der Waals surface area (Å²) in [6.07, 6.45) is 2.73. The fraction of sp³-hybridized carbons (Fsp3) is 1.00. The average molecular weight is 282 g/mol. The maximum absolute atomic E-state index is 5.48. The number of ether oxygens (including phenoxy) is 1. The maximum Gasteiger partial charge on any atom is 0.0594 e. The molecule has 0 bridgehead atoms. The molecule has 2 heterocycles. The number of likely N-dealkylation sites (tertiary alicyclic amines) is 1. The van der Waals surface area contributed by atoms with Crippen LogP contribution >= 0.6 is 0 Å². The number of hydrogen-bond acceptors (Lipinski definition) is 3. The maximum atomic E-state index is 5.48. The molecule has 3 nitrogen and oxygen atoms in total. The minimum atomic E-state index is 0.276. The highest BCUT2D eigenvalue weighted by Gasteiger charge is 2.33. The van der Waals surface area contributed by atoms with Gasteiger partial charge in [0.2, 0.25) is 0 Å². The van der Waals surface area contributed by atoms with Crippen molar-refractivity contribution < 1.29 is 4.74 Å². The summed E-state index contributed by atoms with van der Waals surface area (Å²) in [5.41, 5.74) is 0.754. The van der Waals surface area contributed by atoms with Crippen LogP contribution in [-0.2, 0) is 4.74 Å². The molecule has 20 heavy (non-hydrogen) atoms. The van der Waals surface area contributed by atoms with E-state index in [1.165, 1.54) is 32.5 Å². The van der Waals surface area contributed by atoms with Crippen molar-refractivity contribution in [2.75, 3.05) is 45.9 Å². The summed E-state index contributed by atoms with van der Waals surface area (Å²) in [4.78, 5) is 5.28. The SMILES string of the molecule is CC(C)(C)C1CCN(CC(C)(C)N2CCOCC2)CC1. The molecule has 0 saturated carbocycles. The van der Waals surface area contributed by atoms with E-state index in [0.29, 0.717) is 5.41 Å². The molecule has 0 unspecified atom stereocenters. The predicted molar refractivity (Wildman–Crippen MR) is 85.1 cm³/mol. The Morgan fingerprint density at radius 1 is 0.900 bits per heavy atom. The molecule has 2 saturated heterocycles. The van der Waals surface area contributed by atoms with E-state index in [1.54, 1.807) is 0 Å². The molecule has 0 amide bonds. The first-order valence-corrected chi connectivity index (χ1v) is 8.34. The molecule has 0 aromatic carbocycles. The lowest BCUT2D eigenvalue weighted by molar-refractivity contribution is -0.0269. The number of nitrogens with zero attached hydrogens (tertiary/aromatic N) is 2. The monoisotopic (exact) mass is 282 g/mol. The zero-order chi connectivity index (χ0) is 14.8. The Balaban J connectivity index is 1.82. The molecule has 0 atom stereocenters. The summed E-state index contributed by atoms with van der Waals surface area (Å²) in [6, 6.07) is 0. The van der Waals surface area contributed by atoms with Crippen molar-refractivity contribution >= 4 is 0 Å². The molecule has 2 rings (SSSR count). The van der Waals surface area contributed by atoms with Gasteiger partial charge in [-0.05, 0) is 51.1 Å². The number of morpholine rings is 1. The van der Waals surface area contributed by atoms with E-state index in [-0.39, 0.29) is 5.54 Å². The second-order valence-corrected chi connectivity index (χ2v) is 8.33. The fourth-order valence-electron chi connectivity index (χ4n) is 3.77. The molecule has 2 aliphatic rings. The summed E-state index contributed by atoms with van der Waals surface area (Å²) in [5.74, 6) is 0.894. The Morgan fingerprint density at radius 3 is 1.95 bits per heavy atom. The standard InChI is InChI=1S/C17H34N2O/c1-16(2,3)15-6-8-18(9-7-15)14-17(4,5)19-10-12-20-13-11-19/h15H,6-14H2,1-5H3. The minimum Gasteiger partial charge on any atom is -0.379 e. The Bertz CT molecular complexity index is 295. The molecule has 0 aromatic heterocycles. The van der Waals surface area contributed by atoms with Crippen molar-refractivity contribution in [3.8, 4) is 0 Å². The molecule has 0 aliphatic carbocycles. The summed E-state index contributed by atoms with van der Waals surface area (Å²) >= 11 is 0. The van der Waals surface area contributed by atoms with Crippen molar-refractivity contribution in [3.05, 3.63) is 0 Å². The molecule has 118 valence electrons. The number of hydrogen-bond donors (Lipinski definition) is 0. The van der Waals surface area contributed by atoms with Crippen molar-refractivity contribution in [1.29, 1.82) is 0 Å². The first-order valence-electron chi connectivity index (χ1n) is 8.34. The van der Waals surface area contributed by atoms with Gasteiger partial charge in [0.15, 0.2) is 0 Å². The highest BCUT2D eigenvalue weighted by Crippen LogP contribution is 2.34. The average Bonchev–Trinajstić information content (AvgIpc) is 2.39. The molecule has 2 aliphatic heterocycles. The van der Waals surface area contributed by atoms with Crippen LogP contribution in [0.5, 0.6) is 0 Å². The van der Waals surface area contributed by atoms with E-state index in [0.717, 1.165) is 32.2 Å². The third-order valence-corrected chi connectivity index (χ3v) is 5.29. The van der Waals surface area contributed by atoms with E-state index < -0.39 is 0 Å². The smallest absolute Gasteiger partial charge is 0.0594 e. The number of piperidine rings is 1. The molecular formula is C17H34N2O. The lowest BCUT2D eigenvalue weighted by Crippen LogP contribution is -2.56. The van der Waals surface area contributed by atoms with Gasteiger partial charge in [-0.3, -0.25) is 4.90 Å². The fourth-order valence-corrected chi connectivity index (χ4v) is 3.77. The Kier molecular flexibility index (Phi) is 5.14. The Hall–Kier alpha value is -0.120. The van der Waals surface area contributed by atoms with Crippen LogP contribution in [0, 0.1) is 11.3 Å². The zero-order valence-electron chi connectivity index (χ0n) is 14.2. The topological polar surface area (TPSA) is 15.7 Å². The van der Waals surface area contributed by atoms with Gasteiger partial charge in [-0.25, -0.2) is 0 Å². The quantitative estimate of drug-likeness (QED) is 0.791. The van der Waals surface area contributed by atoms with Crippen LogP contribution < -0.4 is 0 Å². The van der Waals surface area contributed by atoms with Crippen LogP contribution in [0.3, 0.4) is 0 Å². The first kappa shape index (κ1) is 16.3. The summed E-state index contributed by atoms with van der Waals surface area (Å²) < 4.78 is 5.48. The van der Waals surface area contributed by atoms with Crippen LogP contribution in [-0.4, -0.2) is 61.3 Å². The van der Waals surface area contributed by atoms with Crippen LogP contribution in [0.2, 0.25) is 0 Å².